The minimum Gasteiger partial charge on any atom is -0.464 e. The van der Waals surface area contributed by atoms with Gasteiger partial charge in [0.1, 0.15) is 5.58 Å². The van der Waals surface area contributed by atoms with Gasteiger partial charge in [-0.3, -0.25) is 0 Å². The maximum atomic E-state index is 11.1. The molecule has 2 rings (SSSR count). The van der Waals surface area contributed by atoms with Crippen molar-refractivity contribution in [3.63, 3.8) is 0 Å². The Hall–Kier alpha value is -2.03. The third-order valence-corrected chi connectivity index (χ3v) is 2.17. The van der Waals surface area contributed by atoms with Gasteiger partial charge in [-0.2, -0.15) is 0 Å². The first-order chi connectivity index (χ1) is 7.79. The highest BCUT2D eigenvalue weighted by molar-refractivity contribution is 5.88. The van der Waals surface area contributed by atoms with Crippen LogP contribution in [0.25, 0.3) is 17.0 Å². The van der Waals surface area contributed by atoms with Crippen LogP contribution in [0, 0.1) is 0 Å². The lowest BCUT2D eigenvalue weighted by molar-refractivity contribution is -0.137. The van der Waals surface area contributed by atoms with Crippen molar-refractivity contribution in [3.8, 4) is 0 Å². The molecular weight excluding hydrogens is 204 g/mol. The average molecular weight is 216 g/mol. The number of fused-ring (bicyclic) bond motifs is 1. The molecule has 0 spiro atoms. The Morgan fingerprint density at radius 1 is 1.44 bits per heavy atom. The lowest BCUT2D eigenvalue weighted by Crippen LogP contribution is -1.98. The Bertz CT molecular complexity index is 523. The highest BCUT2D eigenvalue weighted by Crippen LogP contribution is 2.17. The summed E-state index contributed by atoms with van der Waals surface area (Å²) in [6, 6.07) is 7.60. The Morgan fingerprint density at radius 2 is 2.31 bits per heavy atom. The van der Waals surface area contributed by atoms with Crippen molar-refractivity contribution in [1.82, 2.24) is 0 Å². The van der Waals surface area contributed by atoms with E-state index in [4.69, 9.17) is 9.15 Å². The van der Waals surface area contributed by atoms with Gasteiger partial charge in [-0.05, 0) is 36.8 Å². The van der Waals surface area contributed by atoms with Gasteiger partial charge in [0.05, 0.1) is 12.9 Å². The van der Waals surface area contributed by atoms with E-state index in [-0.39, 0.29) is 5.97 Å². The molecule has 0 fully saturated rings. The average Bonchev–Trinajstić information content (AvgIpc) is 2.74. The smallest absolute Gasteiger partial charge is 0.330 e. The Labute approximate surface area is 93.3 Å². The lowest BCUT2D eigenvalue weighted by atomic mass is 10.1. The van der Waals surface area contributed by atoms with Crippen LogP contribution >= 0.6 is 0 Å². The molecule has 3 heteroatoms. The molecule has 0 atom stereocenters. The van der Waals surface area contributed by atoms with Crippen LogP contribution in [-0.2, 0) is 9.53 Å². The van der Waals surface area contributed by atoms with Crippen molar-refractivity contribution in [2.45, 2.75) is 6.92 Å². The summed E-state index contributed by atoms with van der Waals surface area (Å²) in [5.41, 5.74) is 1.79. The number of carbonyl (C=O) groups excluding carboxylic acids is 1. The Kier molecular flexibility index (Phi) is 3.05. The Morgan fingerprint density at radius 3 is 3.12 bits per heavy atom. The molecule has 2 aromatic rings. The minimum atomic E-state index is -0.324. The van der Waals surface area contributed by atoms with Crippen molar-refractivity contribution in [1.29, 1.82) is 0 Å². The van der Waals surface area contributed by atoms with Crippen molar-refractivity contribution in [2.24, 2.45) is 0 Å². The molecule has 0 aliphatic carbocycles. The summed E-state index contributed by atoms with van der Waals surface area (Å²) >= 11 is 0. The van der Waals surface area contributed by atoms with Crippen LogP contribution < -0.4 is 0 Å². The quantitative estimate of drug-likeness (QED) is 0.584. The molecular formula is C13H12O3. The van der Waals surface area contributed by atoms with Gasteiger partial charge < -0.3 is 9.15 Å². The van der Waals surface area contributed by atoms with E-state index in [1.165, 1.54) is 6.08 Å². The fraction of sp³-hybridized carbons (Fsp3) is 0.154. The zero-order chi connectivity index (χ0) is 11.4. The second-order valence-electron chi connectivity index (χ2n) is 3.30. The van der Waals surface area contributed by atoms with Crippen LogP contribution in [0.3, 0.4) is 0 Å². The number of furan rings is 1. The molecule has 0 bridgehead atoms. The molecule has 0 amide bonds. The molecule has 0 saturated heterocycles. The first-order valence-corrected chi connectivity index (χ1v) is 5.11. The molecule has 16 heavy (non-hydrogen) atoms. The maximum absolute atomic E-state index is 11.1. The second-order valence-corrected chi connectivity index (χ2v) is 3.30. The molecule has 1 aromatic carbocycles. The van der Waals surface area contributed by atoms with Crippen molar-refractivity contribution < 1.29 is 13.9 Å². The van der Waals surface area contributed by atoms with E-state index in [1.54, 1.807) is 19.3 Å². The molecule has 0 saturated carbocycles. The van der Waals surface area contributed by atoms with Gasteiger partial charge in [0.15, 0.2) is 0 Å². The van der Waals surface area contributed by atoms with Crippen molar-refractivity contribution in [2.75, 3.05) is 6.61 Å². The first kappa shape index (κ1) is 10.5. The van der Waals surface area contributed by atoms with Gasteiger partial charge >= 0.3 is 5.97 Å². The highest BCUT2D eigenvalue weighted by Gasteiger charge is 1.97. The van der Waals surface area contributed by atoms with Crippen LogP contribution in [0.2, 0.25) is 0 Å². The highest BCUT2D eigenvalue weighted by atomic mass is 16.5. The number of hydrogen-bond acceptors (Lipinski definition) is 3. The summed E-state index contributed by atoms with van der Waals surface area (Å²) in [6.45, 7) is 2.17. The maximum Gasteiger partial charge on any atom is 0.330 e. The predicted molar refractivity (Wildman–Crippen MR) is 61.9 cm³/mol. The molecule has 0 unspecified atom stereocenters. The van der Waals surface area contributed by atoms with Crippen LogP contribution in [0.15, 0.2) is 41.0 Å². The SMILES string of the molecule is CCOC(=O)/C=C/c1ccc2occc2c1. The van der Waals surface area contributed by atoms with Crippen LogP contribution in [0.4, 0.5) is 0 Å². The molecule has 1 heterocycles. The van der Waals surface area contributed by atoms with Gasteiger partial charge in [-0.25, -0.2) is 4.79 Å². The molecule has 0 aliphatic heterocycles. The number of rotatable bonds is 3. The normalized spacial score (nSPS) is 11.1. The summed E-state index contributed by atoms with van der Waals surface area (Å²) in [6.07, 6.45) is 4.79. The molecule has 1 aromatic heterocycles. The second kappa shape index (κ2) is 4.66. The zero-order valence-electron chi connectivity index (χ0n) is 8.97. The van der Waals surface area contributed by atoms with E-state index in [1.807, 2.05) is 24.3 Å². The third-order valence-electron chi connectivity index (χ3n) is 2.17. The molecule has 0 N–H and O–H groups in total. The number of hydrogen-bond donors (Lipinski definition) is 0. The third kappa shape index (κ3) is 2.31. The van der Waals surface area contributed by atoms with Gasteiger partial charge in [0.2, 0.25) is 0 Å². The summed E-state index contributed by atoms with van der Waals surface area (Å²) < 4.78 is 10.0. The van der Waals surface area contributed by atoms with E-state index in [2.05, 4.69) is 0 Å². The largest absolute Gasteiger partial charge is 0.464 e. The molecule has 82 valence electrons. The Balaban J connectivity index is 2.17. The summed E-state index contributed by atoms with van der Waals surface area (Å²) in [7, 11) is 0. The van der Waals surface area contributed by atoms with E-state index in [0.717, 1.165) is 16.5 Å². The van der Waals surface area contributed by atoms with E-state index in [9.17, 15) is 4.79 Å². The van der Waals surface area contributed by atoms with Crippen LogP contribution in [0.5, 0.6) is 0 Å². The lowest BCUT2D eigenvalue weighted by Gasteiger charge is -1.95. The summed E-state index contributed by atoms with van der Waals surface area (Å²) in [5.74, 6) is -0.324. The molecule has 0 aliphatic rings. The fourth-order valence-electron chi connectivity index (χ4n) is 1.44. The zero-order valence-corrected chi connectivity index (χ0v) is 8.97. The van der Waals surface area contributed by atoms with E-state index < -0.39 is 0 Å². The number of esters is 1. The van der Waals surface area contributed by atoms with Gasteiger partial charge in [0.25, 0.3) is 0 Å². The van der Waals surface area contributed by atoms with Crippen molar-refractivity contribution in [3.05, 3.63) is 42.2 Å². The summed E-state index contributed by atoms with van der Waals surface area (Å²) in [4.78, 5) is 11.1. The van der Waals surface area contributed by atoms with Gasteiger partial charge in [-0.1, -0.05) is 6.07 Å². The predicted octanol–water partition coefficient (Wildman–Crippen LogP) is 3.01. The minimum absolute atomic E-state index is 0.324. The number of carbonyl (C=O) groups is 1. The van der Waals surface area contributed by atoms with Gasteiger partial charge in [0, 0.05) is 11.5 Å². The van der Waals surface area contributed by atoms with E-state index in [0.29, 0.717) is 6.61 Å². The topological polar surface area (TPSA) is 39.4 Å². The van der Waals surface area contributed by atoms with Crippen LogP contribution in [-0.4, -0.2) is 12.6 Å². The first-order valence-electron chi connectivity index (χ1n) is 5.11. The number of benzene rings is 1. The monoisotopic (exact) mass is 216 g/mol. The van der Waals surface area contributed by atoms with E-state index >= 15 is 0 Å². The summed E-state index contributed by atoms with van der Waals surface area (Å²) in [5, 5.41) is 1.02. The van der Waals surface area contributed by atoms with Crippen molar-refractivity contribution >= 4 is 23.0 Å². The number of ether oxygens (including phenoxy) is 1. The standard InChI is InChI=1S/C13H12O3/c1-2-15-13(14)6-4-10-3-5-12-11(9-10)7-8-16-12/h3-9H,2H2,1H3/b6-4+. The fourth-order valence-corrected chi connectivity index (χ4v) is 1.44. The van der Waals surface area contributed by atoms with Gasteiger partial charge in [-0.15, -0.1) is 0 Å². The van der Waals surface area contributed by atoms with Crippen LogP contribution in [0.1, 0.15) is 12.5 Å². The molecule has 3 nitrogen and oxygen atoms in total. The molecule has 0 radical (unpaired) electrons.